The third-order valence-electron chi connectivity index (χ3n) is 1.42. The number of rotatable bonds is 2. The number of aromatic hydroxyl groups is 1. The summed E-state index contributed by atoms with van der Waals surface area (Å²) >= 11 is -3.54. The van der Waals surface area contributed by atoms with E-state index in [0.29, 0.717) is 0 Å². The summed E-state index contributed by atoms with van der Waals surface area (Å²) in [7, 11) is 0. The normalized spacial score (nSPS) is 12.4. The van der Waals surface area contributed by atoms with Gasteiger partial charge in [0.1, 0.15) is 0 Å². The number of phenolic OH excluding ortho intramolecular Hbond substituents is 1. The summed E-state index contributed by atoms with van der Waals surface area (Å²) in [6.45, 7) is 0. The number of phenols is 1. The first kappa shape index (κ1) is 9.82. The monoisotopic (exact) mass is 247 g/mol. The second kappa shape index (κ2) is 3.63. The minimum atomic E-state index is -3.54. The van der Waals surface area contributed by atoms with Crippen LogP contribution in [-0.2, 0) is 3.74 Å². The molecular formula is C6H6AsNO5. The zero-order chi connectivity index (χ0) is 10.0. The van der Waals surface area contributed by atoms with E-state index in [9.17, 15) is 13.9 Å². The van der Waals surface area contributed by atoms with Gasteiger partial charge in [0.25, 0.3) is 0 Å². The first-order valence-corrected chi connectivity index (χ1v) is 6.07. The summed E-state index contributed by atoms with van der Waals surface area (Å²) in [5, 5.41) is 19.3. The van der Waals surface area contributed by atoms with Crippen LogP contribution < -0.4 is 4.35 Å². The van der Waals surface area contributed by atoms with Gasteiger partial charge >= 0.3 is 76.9 Å². The fraction of sp³-hybridized carbons (Fsp3) is 0. The number of nitrogens with zero attached hydrogens (tertiary/aromatic N) is 1. The Morgan fingerprint density at radius 2 is 2.08 bits per heavy atom. The standard InChI is InChI=1S/C6H6AsNO5/c9-6-2-1-4(7(10)11)3-5(6)8(12)13/h1-3,7,9H,(H,10,11). The molecule has 1 rings (SSSR count). The first-order valence-electron chi connectivity index (χ1n) is 3.23. The molecule has 0 bridgehead atoms. The molecule has 6 nitrogen and oxygen atoms in total. The molecule has 0 aliphatic carbocycles. The zero-order valence-corrected chi connectivity index (χ0v) is 8.40. The molecule has 0 heterocycles. The zero-order valence-electron chi connectivity index (χ0n) is 6.30. The van der Waals surface area contributed by atoms with E-state index in [4.69, 9.17) is 9.20 Å². The third-order valence-corrected chi connectivity index (χ3v) is 3.11. The van der Waals surface area contributed by atoms with Crippen LogP contribution in [0.15, 0.2) is 18.2 Å². The summed E-state index contributed by atoms with van der Waals surface area (Å²) in [6, 6.07) is 3.15. The van der Waals surface area contributed by atoms with Gasteiger partial charge in [-0.15, -0.1) is 0 Å². The maximum atomic E-state index is 10.6. The van der Waals surface area contributed by atoms with Crippen molar-refractivity contribution in [1.29, 1.82) is 0 Å². The third kappa shape index (κ3) is 2.10. The van der Waals surface area contributed by atoms with Gasteiger partial charge < -0.3 is 0 Å². The van der Waals surface area contributed by atoms with Gasteiger partial charge in [0, 0.05) is 0 Å². The van der Waals surface area contributed by atoms with Gasteiger partial charge in [0.2, 0.25) is 0 Å². The molecule has 0 amide bonds. The summed E-state index contributed by atoms with van der Waals surface area (Å²) in [5.74, 6) is -0.506. The van der Waals surface area contributed by atoms with E-state index in [-0.39, 0.29) is 4.35 Å². The number of nitro benzene ring substituents is 1. The van der Waals surface area contributed by atoms with Crippen molar-refractivity contribution in [2.45, 2.75) is 0 Å². The van der Waals surface area contributed by atoms with Gasteiger partial charge in [-0.2, -0.15) is 0 Å². The van der Waals surface area contributed by atoms with E-state index in [2.05, 4.69) is 0 Å². The molecule has 1 aromatic rings. The molecular weight excluding hydrogens is 241 g/mol. The average Bonchev–Trinajstić information content (AvgIpc) is 2.04. The molecule has 0 fully saturated rings. The van der Waals surface area contributed by atoms with Crippen molar-refractivity contribution in [3.63, 3.8) is 0 Å². The van der Waals surface area contributed by atoms with Crippen LogP contribution in [0.3, 0.4) is 0 Å². The number of hydrogen-bond acceptors (Lipinski definition) is 4. The quantitative estimate of drug-likeness (QED) is 0.402. The van der Waals surface area contributed by atoms with Gasteiger partial charge in [-0.25, -0.2) is 0 Å². The molecule has 0 saturated heterocycles. The Kier molecular flexibility index (Phi) is 2.75. The van der Waals surface area contributed by atoms with E-state index in [1.165, 1.54) is 6.07 Å². The summed E-state index contributed by atoms with van der Waals surface area (Å²) < 4.78 is 19.4. The van der Waals surface area contributed by atoms with Crippen LogP contribution in [0, 0.1) is 10.1 Å². The summed E-state index contributed by atoms with van der Waals surface area (Å²) in [6.07, 6.45) is 0. The molecule has 2 N–H and O–H groups in total. The molecule has 0 radical (unpaired) electrons. The molecule has 0 aromatic heterocycles. The van der Waals surface area contributed by atoms with Crippen LogP contribution in [0.2, 0.25) is 0 Å². The van der Waals surface area contributed by atoms with E-state index in [1.54, 1.807) is 0 Å². The number of nitro groups is 1. The number of hydrogen-bond donors (Lipinski definition) is 2. The van der Waals surface area contributed by atoms with Gasteiger partial charge in [0.15, 0.2) is 0 Å². The molecule has 70 valence electrons. The SMILES string of the molecule is O=[N+]([O-])c1cc([AsH](=O)O)ccc1O. The Labute approximate surface area is 77.4 Å². The van der Waals surface area contributed by atoms with Crippen molar-refractivity contribution in [3.8, 4) is 5.75 Å². The molecule has 13 heavy (non-hydrogen) atoms. The molecule has 1 atom stereocenters. The molecule has 1 unspecified atom stereocenters. The fourth-order valence-corrected chi connectivity index (χ4v) is 1.82. The van der Waals surface area contributed by atoms with E-state index in [0.717, 1.165) is 12.1 Å². The van der Waals surface area contributed by atoms with Crippen molar-refractivity contribution < 1.29 is 17.9 Å². The second-order valence-electron chi connectivity index (χ2n) is 2.27. The molecule has 7 heteroatoms. The van der Waals surface area contributed by atoms with Crippen molar-refractivity contribution >= 4 is 25.0 Å². The van der Waals surface area contributed by atoms with Crippen LogP contribution in [0.5, 0.6) is 5.75 Å². The van der Waals surface area contributed by atoms with Crippen molar-refractivity contribution in [1.82, 2.24) is 0 Å². The Bertz CT molecular complexity index is 377. The van der Waals surface area contributed by atoms with Gasteiger partial charge in [-0.05, 0) is 0 Å². The Morgan fingerprint density at radius 3 is 2.54 bits per heavy atom. The van der Waals surface area contributed by atoms with Crippen LogP contribution in [0.4, 0.5) is 5.69 Å². The van der Waals surface area contributed by atoms with Crippen molar-refractivity contribution in [2.24, 2.45) is 0 Å². The topological polar surface area (TPSA) is 101 Å². The van der Waals surface area contributed by atoms with Gasteiger partial charge in [-0.3, -0.25) is 0 Å². The minimum absolute atomic E-state index is 0.0181. The molecule has 0 spiro atoms. The first-order chi connectivity index (χ1) is 6.02. The van der Waals surface area contributed by atoms with Crippen molar-refractivity contribution in [3.05, 3.63) is 28.3 Å². The van der Waals surface area contributed by atoms with Crippen LogP contribution >= 0.6 is 0 Å². The van der Waals surface area contributed by atoms with Gasteiger partial charge in [0.05, 0.1) is 0 Å². The Hall–Kier alpha value is -1.26. The predicted molar refractivity (Wildman–Crippen MR) is 44.4 cm³/mol. The van der Waals surface area contributed by atoms with E-state index in [1.807, 2.05) is 0 Å². The maximum absolute atomic E-state index is 10.6. The van der Waals surface area contributed by atoms with Crippen molar-refractivity contribution in [2.75, 3.05) is 0 Å². The average molecular weight is 247 g/mol. The van der Waals surface area contributed by atoms with E-state index >= 15 is 0 Å². The second-order valence-corrected chi connectivity index (χ2v) is 4.76. The molecule has 0 aliphatic heterocycles. The number of benzene rings is 1. The van der Waals surface area contributed by atoms with Gasteiger partial charge in [-0.1, -0.05) is 0 Å². The Balaban J connectivity index is 3.27. The fourth-order valence-electron chi connectivity index (χ4n) is 0.803. The molecule has 0 aliphatic rings. The van der Waals surface area contributed by atoms with Crippen LogP contribution in [0.25, 0.3) is 0 Å². The van der Waals surface area contributed by atoms with Crippen LogP contribution in [0.1, 0.15) is 0 Å². The Morgan fingerprint density at radius 1 is 1.46 bits per heavy atom. The van der Waals surface area contributed by atoms with E-state index < -0.39 is 31.3 Å². The summed E-state index contributed by atoms with van der Waals surface area (Å²) in [5.41, 5.74) is -0.549. The predicted octanol–water partition coefficient (Wildman–Crippen LogP) is -0.849. The van der Waals surface area contributed by atoms with Crippen LogP contribution in [-0.4, -0.2) is 29.1 Å². The molecule has 1 aromatic carbocycles. The molecule has 0 saturated carbocycles. The summed E-state index contributed by atoms with van der Waals surface area (Å²) in [4.78, 5) is 9.47.